The van der Waals surface area contributed by atoms with Crippen molar-refractivity contribution >= 4 is 5.97 Å². The van der Waals surface area contributed by atoms with Crippen LogP contribution in [0.4, 0.5) is 0 Å². The third-order valence-corrected chi connectivity index (χ3v) is 4.60. The Bertz CT molecular complexity index is 458. The molecule has 0 aliphatic heterocycles. The highest BCUT2D eigenvalue weighted by Crippen LogP contribution is 2.35. The summed E-state index contributed by atoms with van der Waals surface area (Å²) in [6.45, 7) is 6.42. The van der Waals surface area contributed by atoms with Gasteiger partial charge in [0.15, 0.2) is 0 Å². The first kappa shape index (κ1) is 17.7. The van der Waals surface area contributed by atoms with Gasteiger partial charge in [-0.3, -0.25) is 4.79 Å². The zero-order valence-electron chi connectivity index (χ0n) is 13.6. The molecule has 0 heterocycles. The normalized spacial score (nSPS) is 15.4. The molecule has 0 amide bonds. The van der Waals surface area contributed by atoms with Gasteiger partial charge in [0.1, 0.15) is 5.41 Å². The van der Waals surface area contributed by atoms with Crippen LogP contribution in [0.5, 0.6) is 0 Å². The van der Waals surface area contributed by atoms with E-state index in [1.807, 2.05) is 31.2 Å². The molecule has 2 unspecified atom stereocenters. The van der Waals surface area contributed by atoms with Crippen molar-refractivity contribution in [2.24, 2.45) is 11.7 Å². The van der Waals surface area contributed by atoms with E-state index in [2.05, 4.69) is 13.8 Å². The lowest BCUT2D eigenvalue weighted by Gasteiger charge is -2.33. The molecule has 0 aromatic heterocycles. The molecule has 3 nitrogen and oxygen atoms in total. The summed E-state index contributed by atoms with van der Waals surface area (Å²) in [6.07, 6.45) is 4.99. The number of hydrogen-bond acceptors (Lipinski definition) is 2. The Morgan fingerprint density at radius 2 is 2.00 bits per heavy atom. The molecule has 0 aliphatic carbocycles. The number of nitrogens with two attached hydrogens (primary N) is 1. The van der Waals surface area contributed by atoms with Gasteiger partial charge in [0.2, 0.25) is 0 Å². The van der Waals surface area contributed by atoms with Crippen LogP contribution in [0, 0.1) is 12.8 Å². The highest BCUT2D eigenvalue weighted by molar-refractivity contribution is 5.82. The van der Waals surface area contributed by atoms with Crippen molar-refractivity contribution in [2.45, 2.75) is 58.3 Å². The first-order valence-electron chi connectivity index (χ1n) is 8.01. The average Bonchev–Trinajstić information content (AvgIpc) is 2.48. The highest BCUT2D eigenvalue weighted by atomic mass is 16.4. The fourth-order valence-corrected chi connectivity index (χ4v) is 3.14. The van der Waals surface area contributed by atoms with Crippen molar-refractivity contribution < 1.29 is 9.90 Å². The number of unbranched alkanes of at least 4 members (excludes halogenated alkanes) is 1. The summed E-state index contributed by atoms with van der Waals surface area (Å²) in [7, 11) is 0. The zero-order valence-corrected chi connectivity index (χ0v) is 13.6. The predicted octanol–water partition coefficient (Wildman–Crippen LogP) is 3.88. The largest absolute Gasteiger partial charge is 0.481 e. The van der Waals surface area contributed by atoms with Gasteiger partial charge in [-0.05, 0) is 30.4 Å². The molecule has 2 atom stereocenters. The molecule has 0 spiro atoms. The minimum atomic E-state index is -0.959. The molecule has 0 aliphatic rings. The second kappa shape index (κ2) is 8.18. The molecule has 0 fully saturated rings. The Morgan fingerprint density at radius 3 is 2.48 bits per heavy atom. The number of aliphatic carboxylic acids is 1. The quantitative estimate of drug-likeness (QED) is 0.725. The summed E-state index contributed by atoms with van der Waals surface area (Å²) in [5.74, 6) is -0.390. The maximum atomic E-state index is 12.1. The van der Waals surface area contributed by atoms with Gasteiger partial charge in [-0.25, -0.2) is 0 Å². The lowest BCUT2D eigenvalue weighted by atomic mass is 9.71. The van der Waals surface area contributed by atoms with Gasteiger partial charge in [-0.1, -0.05) is 63.8 Å². The van der Waals surface area contributed by atoms with E-state index >= 15 is 0 Å². The van der Waals surface area contributed by atoms with Crippen LogP contribution >= 0.6 is 0 Å². The topological polar surface area (TPSA) is 63.3 Å². The summed E-state index contributed by atoms with van der Waals surface area (Å²) in [6, 6.07) is 7.73. The van der Waals surface area contributed by atoms with Crippen LogP contribution in [0.3, 0.4) is 0 Å². The van der Waals surface area contributed by atoms with Crippen molar-refractivity contribution in [1.29, 1.82) is 0 Å². The second-order valence-electron chi connectivity index (χ2n) is 6.03. The maximum absolute atomic E-state index is 12.1. The average molecular weight is 291 g/mol. The van der Waals surface area contributed by atoms with E-state index in [0.717, 1.165) is 36.8 Å². The molecule has 1 rings (SSSR count). The molecule has 0 saturated carbocycles. The van der Waals surface area contributed by atoms with Crippen LogP contribution in [-0.4, -0.2) is 17.6 Å². The van der Waals surface area contributed by atoms with Crippen LogP contribution in [0.15, 0.2) is 24.3 Å². The number of aryl methyl sites for hydroxylation is 1. The van der Waals surface area contributed by atoms with Gasteiger partial charge in [0, 0.05) is 6.54 Å². The summed E-state index contributed by atoms with van der Waals surface area (Å²) < 4.78 is 0. The minimum absolute atomic E-state index is 0.149. The molecule has 1 aromatic rings. The summed E-state index contributed by atoms with van der Waals surface area (Å²) in [4.78, 5) is 12.1. The van der Waals surface area contributed by atoms with E-state index in [1.165, 1.54) is 0 Å². The Labute approximate surface area is 128 Å². The molecular formula is C18H29NO2. The van der Waals surface area contributed by atoms with Crippen molar-refractivity contribution in [3.8, 4) is 0 Å². The Morgan fingerprint density at radius 1 is 1.33 bits per heavy atom. The molecule has 1 aromatic carbocycles. The summed E-state index contributed by atoms with van der Waals surface area (Å²) in [5, 5.41) is 9.89. The van der Waals surface area contributed by atoms with Crippen LogP contribution in [-0.2, 0) is 10.2 Å². The Balaban J connectivity index is 3.15. The first-order chi connectivity index (χ1) is 10.0. The van der Waals surface area contributed by atoms with Gasteiger partial charge in [-0.2, -0.15) is 0 Å². The highest BCUT2D eigenvalue weighted by Gasteiger charge is 2.41. The van der Waals surface area contributed by atoms with Gasteiger partial charge < -0.3 is 10.8 Å². The van der Waals surface area contributed by atoms with Crippen LogP contribution in [0.1, 0.15) is 57.1 Å². The second-order valence-corrected chi connectivity index (χ2v) is 6.03. The Kier molecular flexibility index (Phi) is 6.90. The lowest BCUT2D eigenvalue weighted by molar-refractivity contribution is -0.144. The third kappa shape index (κ3) is 4.07. The van der Waals surface area contributed by atoms with Crippen molar-refractivity contribution in [2.75, 3.05) is 6.54 Å². The molecule has 3 heteroatoms. The maximum Gasteiger partial charge on any atom is 0.315 e. The molecule has 0 radical (unpaired) electrons. The van der Waals surface area contributed by atoms with Crippen LogP contribution in [0.2, 0.25) is 0 Å². The van der Waals surface area contributed by atoms with E-state index in [0.29, 0.717) is 12.3 Å². The molecular weight excluding hydrogens is 262 g/mol. The fraction of sp³-hybridized carbons (Fsp3) is 0.611. The van der Waals surface area contributed by atoms with Crippen molar-refractivity contribution in [3.63, 3.8) is 0 Å². The number of carboxylic acids is 1. The number of carbonyl (C=O) groups is 1. The SMILES string of the molecule is CCCCC(CC)CC(CN)(C(=O)O)c1ccccc1C. The molecule has 3 N–H and O–H groups in total. The monoisotopic (exact) mass is 291 g/mol. The van der Waals surface area contributed by atoms with E-state index < -0.39 is 11.4 Å². The predicted molar refractivity (Wildman–Crippen MR) is 87.5 cm³/mol. The Hall–Kier alpha value is -1.35. The number of carboxylic acid groups (broad SMARTS) is 1. The van der Waals surface area contributed by atoms with E-state index in [-0.39, 0.29) is 6.54 Å². The lowest BCUT2D eigenvalue weighted by Crippen LogP contribution is -2.45. The van der Waals surface area contributed by atoms with Gasteiger partial charge in [0.25, 0.3) is 0 Å². The van der Waals surface area contributed by atoms with Crippen molar-refractivity contribution in [1.82, 2.24) is 0 Å². The summed E-state index contributed by atoms with van der Waals surface area (Å²) >= 11 is 0. The van der Waals surface area contributed by atoms with Crippen LogP contribution < -0.4 is 5.73 Å². The van der Waals surface area contributed by atoms with E-state index in [1.54, 1.807) is 0 Å². The minimum Gasteiger partial charge on any atom is -0.481 e. The van der Waals surface area contributed by atoms with Gasteiger partial charge in [0.05, 0.1) is 0 Å². The molecule has 0 saturated heterocycles. The third-order valence-electron chi connectivity index (χ3n) is 4.60. The summed E-state index contributed by atoms with van der Waals surface area (Å²) in [5.41, 5.74) is 6.88. The fourth-order valence-electron chi connectivity index (χ4n) is 3.14. The molecule has 21 heavy (non-hydrogen) atoms. The zero-order chi connectivity index (χ0) is 15.9. The van der Waals surface area contributed by atoms with Crippen LogP contribution in [0.25, 0.3) is 0 Å². The van der Waals surface area contributed by atoms with Gasteiger partial charge in [-0.15, -0.1) is 0 Å². The number of benzene rings is 1. The van der Waals surface area contributed by atoms with E-state index in [4.69, 9.17) is 5.73 Å². The smallest absolute Gasteiger partial charge is 0.315 e. The molecule has 118 valence electrons. The molecule has 0 bridgehead atoms. The van der Waals surface area contributed by atoms with E-state index in [9.17, 15) is 9.90 Å². The standard InChI is InChI=1S/C18H29NO2/c1-4-6-10-15(5-2)12-18(13-19,17(20)21)16-11-8-7-9-14(16)3/h7-9,11,15H,4-6,10,12-13,19H2,1-3H3,(H,20,21). The van der Waals surface area contributed by atoms with Crippen molar-refractivity contribution in [3.05, 3.63) is 35.4 Å². The first-order valence-corrected chi connectivity index (χ1v) is 8.01. The number of hydrogen-bond donors (Lipinski definition) is 2. The number of rotatable bonds is 9. The van der Waals surface area contributed by atoms with Gasteiger partial charge >= 0.3 is 5.97 Å².